The lowest BCUT2D eigenvalue weighted by Gasteiger charge is -2.04. The van der Waals surface area contributed by atoms with Crippen molar-refractivity contribution < 1.29 is 4.52 Å². The minimum atomic E-state index is 0.0503. The zero-order valence-corrected chi connectivity index (χ0v) is 7.84. The van der Waals surface area contributed by atoms with Gasteiger partial charge >= 0.3 is 0 Å². The third-order valence-electron chi connectivity index (χ3n) is 2.06. The molecule has 0 amide bonds. The predicted molar refractivity (Wildman–Crippen MR) is 52.3 cm³/mol. The Labute approximate surface area is 81.7 Å². The second-order valence-electron chi connectivity index (χ2n) is 3.17. The molecule has 1 aromatic heterocycles. The molecule has 0 aliphatic carbocycles. The van der Waals surface area contributed by atoms with Crippen LogP contribution in [-0.4, -0.2) is 10.1 Å². The minimum absolute atomic E-state index is 0.0503. The summed E-state index contributed by atoms with van der Waals surface area (Å²) in [5.41, 5.74) is 7.76. The Morgan fingerprint density at radius 2 is 2.00 bits per heavy atom. The molecule has 2 N–H and O–H groups in total. The molecular formula is C10H11N3O. The van der Waals surface area contributed by atoms with Crippen molar-refractivity contribution in [1.82, 2.24) is 10.1 Å². The molecule has 0 bridgehead atoms. The molecule has 0 fully saturated rings. The summed E-state index contributed by atoms with van der Waals surface area (Å²) in [6.07, 6.45) is 1.31. The zero-order valence-electron chi connectivity index (χ0n) is 7.84. The van der Waals surface area contributed by atoms with Gasteiger partial charge in [0.2, 0.25) is 12.2 Å². The molecule has 14 heavy (non-hydrogen) atoms. The highest BCUT2D eigenvalue weighted by atomic mass is 16.5. The summed E-state index contributed by atoms with van der Waals surface area (Å²) in [7, 11) is 0. The zero-order chi connectivity index (χ0) is 9.97. The van der Waals surface area contributed by atoms with Gasteiger partial charge in [-0.2, -0.15) is 4.98 Å². The van der Waals surface area contributed by atoms with Crippen LogP contribution < -0.4 is 5.73 Å². The fourth-order valence-electron chi connectivity index (χ4n) is 1.23. The second-order valence-corrected chi connectivity index (χ2v) is 3.17. The van der Waals surface area contributed by atoms with E-state index in [2.05, 4.69) is 14.7 Å². The monoisotopic (exact) mass is 189 g/mol. The molecule has 2 aromatic rings. The van der Waals surface area contributed by atoms with Gasteiger partial charge in [0.25, 0.3) is 0 Å². The SMILES string of the molecule is C[C@H](N)c1ccc(-c2ncon2)cc1. The molecule has 0 saturated carbocycles. The van der Waals surface area contributed by atoms with Crippen molar-refractivity contribution in [3.8, 4) is 11.4 Å². The first kappa shape index (κ1) is 8.90. The van der Waals surface area contributed by atoms with Crippen LogP contribution in [0.25, 0.3) is 11.4 Å². The third kappa shape index (κ3) is 1.65. The molecule has 0 unspecified atom stereocenters. The van der Waals surface area contributed by atoms with Gasteiger partial charge in [-0.15, -0.1) is 0 Å². The van der Waals surface area contributed by atoms with Gasteiger partial charge in [-0.25, -0.2) is 0 Å². The van der Waals surface area contributed by atoms with Crippen LogP contribution in [0.2, 0.25) is 0 Å². The molecular weight excluding hydrogens is 178 g/mol. The van der Waals surface area contributed by atoms with Gasteiger partial charge in [0.1, 0.15) is 0 Å². The maximum absolute atomic E-state index is 5.73. The fourth-order valence-corrected chi connectivity index (χ4v) is 1.23. The quantitative estimate of drug-likeness (QED) is 0.781. The Hall–Kier alpha value is -1.68. The normalized spacial score (nSPS) is 12.7. The van der Waals surface area contributed by atoms with E-state index in [1.165, 1.54) is 6.39 Å². The summed E-state index contributed by atoms with van der Waals surface area (Å²) in [6.45, 7) is 1.95. The van der Waals surface area contributed by atoms with E-state index >= 15 is 0 Å². The van der Waals surface area contributed by atoms with Gasteiger partial charge in [0.05, 0.1) is 0 Å². The van der Waals surface area contributed by atoms with E-state index in [0.717, 1.165) is 11.1 Å². The van der Waals surface area contributed by atoms with Crippen molar-refractivity contribution in [1.29, 1.82) is 0 Å². The molecule has 4 nitrogen and oxygen atoms in total. The average molecular weight is 189 g/mol. The van der Waals surface area contributed by atoms with Crippen LogP contribution in [0.15, 0.2) is 35.2 Å². The Morgan fingerprint density at radius 1 is 1.29 bits per heavy atom. The van der Waals surface area contributed by atoms with E-state index in [1.807, 2.05) is 31.2 Å². The summed E-state index contributed by atoms with van der Waals surface area (Å²) in [6, 6.07) is 7.86. The van der Waals surface area contributed by atoms with E-state index in [9.17, 15) is 0 Å². The van der Waals surface area contributed by atoms with Gasteiger partial charge in [-0.05, 0) is 12.5 Å². The van der Waals surface area contributed by atoms with Crippen LogP contribution in [0.5, 0.6) is 0 Å². The number of benzene rings is 1. The van der Waals surface area contributed by atoms with Crippen molar-refractivity contribution in [2.24, 2.45) is 5.73 Å². The number of rotatable bonds is 2. The fraction of sp³-hybridized carbons (Fsp3) is 0.200. The van der Waals surface area contributed by atoms with Gasteiger partial charge in [-0.3, -0.25) is 0 Å². The minimum Gasteiger partial charge on any atom is -0.342 e. The molecule has 0 aliphatic heterocycles. The van der Waals surface area contributed by atoms with E-state index in [0.29, 0.717) is 5.82 Å². The predicted octanol–water partition coefficient (Wildman–Crippen LogP) is 1.76. The number of aromatic nitrogens is 2. The lowest BCUT2D eigenvalue weighted by atomic mass is 10.1. The lowest BCUT2D eigenvalue weighted by Crippen LogP contribution is -2.04. The molecule has 0 saturated heterocycles. The first-order valence-corrected chi connectivity index (χ1v) is 4.39. The molecule has 2 rings (SSSR count). The maximum atomic E-state index is 5.73. The van der Waals surface area contributed by atoms with Gasteiger partial charge in [0, 0.05) is 11.6 Å². The molecule has 1 atom stereocenters. The molecule has 4 heteroatoms. The second kappa shape index (κ2) is 3.59. The summed E-state index contributed by atoms with van der Waals surface area (Å²) in [5, 5.41) is 3.74. The van der Waals surface area contributed by atoms with Crippen LogP contribution in [0, 0.1) is 0 Å². The summed E-state index contributed by atoms with van der Waals surface area (Å²) in [5.74, 6) is 0.598. The Kier molecular flexibility index (Phi) is 2.28. The first-order chi connectivity index (χ1) is 6.77. The molecule has 1 aromatic carbocycles. The van der Waals surface area contributed by atoms with E-state index in [1.54, 1.807) is 0 Å². The molecule has 72 valence electrons. The summed E-state index contributed by atoms with van der Waals surface area (Å²) >= 11 is 0. The Bertz CT molecular complexity index is 392. The Balaban J connectivity index is 2.31. The van der Waals surface area contributed by atoms with E-state index in [4.69, 9.17) is 5.73 Å². The highest BCUT2D eigenvalue weighted by Gasteiger charge is 2.03. The topological polar surface area (TPSA) is 64.9 Å². The number of nitrogens with zero attached hydrogens (tertiary/aromatic N) is 2. The van der Waals surface area contributed by atoms with Crippen LogP contribution in [0.3, 0.4) is 0 Å². The van der Waals surface area contributed by atoms with Crippen LogP contribution >= 0.6 is 0 Å². The highest BCUT2D eigenvalue weighted by Crippen LogP contribution is 2.17. The third-order valence-corrected chi connectivity index (χ3v) is 2.06. The van der Waals surface area contributed by atoms with Crippen molar-refractivity contribution in [2.45, 2.75) is 13.0 Å². The van der Waals surface area contributed by atoms with Crippen molar-refractivity contribution in [3.63, 3.8) is 0 Å². The number of hydrogen-bond acceptors (Lipinski definition) is 4. The molecule has 1 heterocycles. The smallest absolute Gasteiger partial charge is 0.214 e. The van der Waals surface area contributed by atoms with Crippen LogP contribution in [0.1, 0.15) is 18.5 Å². The molecule has 0 aliphatic rings. The number of nitrogens with two attached hydrogens (primary N) is 1. The summed E-state index contributed by atoms with van der Waals surface area (Å²) in [4.78, 5) is 3.95. The average Bonchev–Trinajstić information content (AvgIpc) is 2.71. The van der Waals surface area contributed by atoms with Gasteiger partial charge in [-0.1, -0.05) is 29.4 Å². The van der Waals surface area contributed by atoms with Gasteiger partial charge < -0.3 is 10.3 Å². The van der Waals surface area contributed by atoms with Crippen LogP contribution in [0.4, 0.5) is 0 Å². The lowest BCUT2D eigenvalue weighted by molar-refractivity contribution is 0.419. The van der Waals surface area contributed by atoms with Crippen molar-refractivity contribution in [3.05, 3.63) is 36.2 Å². The van der Waals surface area contributed by atoms with Crippen molar-refractivity contribution in [2.75, 3.05) is 0 Å². The van der Waals surface area contributed by atoms with E-state index < -0.39 is 0 Å². The van der Waals surface area contributed by atoms with Gasteiger partial charge in [0.15, 0.2) is 0 Å². The molecule has 0 radical (unpaired) electrons. The van der Waals surface area contributed by atoms with Crippen molar-refractivity contribution >= 4 is 0 Å². The maximum Gasteiger partial charge on any atom is 0.214 e. The Morgan fingerprint density at radius 3 is 2.50 bits per heavy atom. The number of hydrogen-bond donors (Lipinski definition) is 1. The highest BCUT2D eigenvalue weighted by molar-refractivity contribution is 5.54. The van der Waals surface area contributed by atoms with Crippen LogP contribution in [-0.2, 0) is 0 Å². The van der Waals surface area contributed by atoms with E-state index in [-0.39, 0.29) is 6.04 Å². The summed E-state index contributed by atoms with van der Waals surface area (Å²) < 4.78 is 4.66. The molecule has 0 spiro atoms. The largest absolute Gasteiger partial charge is 0.342 e. The standard InChI is InChI=1S/C10H11N3O/c1-7(11)8-2-4-9(5-3-8)10-12-6-14-13-10/h2-7H,11H2,1H3/t7-/m0/s1. The first-order valence-electron chi connectivity index (χ1n) is 4.39.